The van der Waals surface area contributed by atoms with E-state index in [1.54, 1.807) is 0 Å². The lowest BCUT2D eigenvalue weighted by atomic mass is 9.96. The lowest BCUT2D eigenvalue weighted by molar-refractivity contribution is -0.192. The van der Waals surface area contributed by atoms with E-state index in [2.05, 4.69) is 40.2 Å². The number of carboxylic acids is 1. The summed E-state index contributed by atoms with van der Waals surface area (Å²) in [6.45, 7) is 10.4. The molecule has 11 heteroatoms. The maximum Gasteiger partial charge on any atom is 0.490 e. The number of hydrogen-bond acceptors (Lipinski definition) is 5. The van der Waals surface area contributed by atoms with E-state index >= 15 is 0 Å². The molecule has 1 amide bonds. The molecule has 8 nitrogen and oxygen atoms in total. The summed E-state index contributed by atoms with van der Waals surface area (Å²) in [5.41, 5.74) is 1.10. The first-order chi connectivity index (χ1) is 16.0. The van der Waals surface area contributed by atoms with Gasteiger partial charge in [-0.05, 0) is 57.0 Å². The van der Waals surface area contributed by atoms with Gasteiger partial charge in [0.2, 0.25) is 5.91 Å². The van der Waals surface area contributed by atoms with Crippen LogP contribution in [-0.2, 0) is 22.7 Å². The number of carbonyl (C=O) groups is 2. The molecule has 2 aliphatic heterocycles. The summed E-state index contributed by atoms with van der Waals surface area (Å²) in [4.78, 5) is 25.8. The van der Waals surface area contributed by atoms with Gasteiger partial charge in [-0.25, -0.2) is 4.79 Å². The van der Waals surface area contributed by atoms with Crippen LogP contribution in [0.1, 0.15) is 70.9 Å². The number of carbonyl (C=O) groups excluding carboxylic acids is 1. The van der Waals surface area contributed by atoms with Gasteiger partial charge in [0.25, 0.3) is 0 Å². The van der Waals surface area contributed by atoms with Crippen molar-refractivity contribution in [3.8, 4) is 0 Å². The Morgan fingerprint density at radius 2 is 1.68 bits per heavy atom. The zero-order valence-electron chi connectivity index (χ0n) is 20.3. The van der Waals surface area contributed by atoms with Crippen LogP contribution in [0.5, 0.6) is 0 Å². The first kappa shape index (κ1) is 28.1. The number of amides is 1. The maximum atomic E-state index is 12.3. The van der Waals surface area contributed by atoms with Gasteiger partial charge in [0.15, 0.2) is 0 Å². The van der Waals surface area contributed by atoms with Gasteiger partial charge in [-0.2, -0.15) is 13.2 Å². The van der Waals surface area contributed by atoms with Crippen LogP contribution < -0.4 is 0 Å². The van der Waals surface area contributed by atoms with Crippen molar-refractivity contribution in [3.05, 3.63) is 11.9 Å². The molecule has 0 aromatic carbocycles. The Kier molecular flexibility index (Phi) is 11.3. The van der Waals surface area contributed by atoms with Crippen LogP contribution in [0, 0.1) is 11.8 Å². The minimum Gasteiger partial charge on any atom is -0.475 e. The van der Waals surface area contributed by atoms with Crippen LogP contribution in [-0.4, -0.2) is 74.1 Å². The van der Waals surface area contributed by atoms with Gasteiger partial charge < -0.3 is 10.0 Å². The molecule has 0 spiro atoms. The van der Waals surface area contributed by atoms with Crippen molar-refractivity contribution in [2.75, 3.05) is 26.2 Å². The highest BCUT2D eigenvalue weighted by Crippen LogP contribution is 2.21. The van der Waals surface area contributed by atoms with Crippen molar-refractivity contribution in [2.24, 2.45) is 11.8 Å². The molecule has 1 N–H and O–H groups in total. The Balaban J connectivity index is 0.000000509. The number of halogens is 3. The van der Waals surface area contributed by atoms with E-state index in [4.69, 9.17) is 9.90 Å². The Labute approximate surface area is 199 Å². The quantitative estimate of drug-likeness (QED) is 0.623. The second kappa shape index (κ2) is 13.7. The minimum atomic E-state index is -5.08. The summed E-state index contributed by atoms with van der Waals surface area (Å²) in [6, 6.07) is 0. The van der Waals surface area contributed by atoms with E-state index in [1.807, 2.05) is 4.68 Å². The van der Waals surface area contributed by atoms with E-state index in [1.165, 1.54) is 38.8 Å². The number of carboxylic acid groups (broad SMARTS) is 1. The molecule has 2 aliphatic rings. The van der Waals surface area contributed by atoms with Crippen molar-refractivity contribution in [1.29, 1.82) is 0 Å². The third-order valence-corrected chi connectivity index (χ3v) is 6.26. The topological polar surface area (TPSA) is 91.6 Å². The van der Waals surface area contributed by atoms with Crippen molar-refractivity contribution in [2.45, 2.75) is 84.5 Å². The molecular weight excluding hydrogens is 451 g/mol. The fourth-order valence-electron chi connectivity index (χ4n) is 4.22. The molecule has 0 aliphatic carbocycles. The average molecular weight is 490 g/mol. The van der Waals surface area contributed by atoms with Crippen molar-refractivity contribution in [1.82, 2.24) is 24.8 Å². The summed E-state index contributed by atoms with van der Waals surface area (Å²) in [6.07, 6.45) is 6.24. The van der Waals surface area contributed by atoms with Gasteiger partial charge in [0, 0.05) is 38.8 Å². The fraction of sp³-hybridized carbons (Fsp3) is 0.826. The van der Waals surface area contributed by atoms with E-state index in [9.17, 15) is 18.0 Å². The SMILES string of the molecule is CC(C)CCC(=O)N1CCC(Cn2cc(CN3CCCCCC3)nn2)CC1.O=C(O)C(F)(F)F. The number of likely N-dealkylation sites (tertiary alicyclic amines) is 2. The molecule has 34 heavy (non-hydrogen) atoms. The molecule has 2 saturated heterocycles. The Morgan fingerprint density at radius 3 is 2.21 bits per heavy atom. The lowest BCUT2D eigenvalue weighted by Gasteiger charge is -2.32. The Bertz CT molecular complexity index is 753. The Hall–Kier alpha value is -2.17. The summed E-state index contributed by atoms with van der Waals surface area (Å²) in [5, 5.41) is 15.9. The smallest absolute Gasteiger partial charge is 0.475 e. The van der Waals surface area contributed by atoms with Gasteiger partial charge in [-0.1, -0.05) is 31.9 Å². The van der Waals surface area contributed by atoms with Crippen LogP contribution in [0.25, 0.3) is 0 Å². The molecule has 3 heterocycles. The molecule has 194 valence electrons. The largest absolute Gasteiger partial charge is 0.490 e. The first-order valence-corrected chi connectivity index (χ1v) is 12.2. The zero-order chi connectivity index (χ0) is 25.1. The first-order valence-electron chi connectivity index (χ1n) is 12.2. The molecule has 2 fully saturated rings. The maximum absolute atomic E-state index is 12.3. The Morgan fingerprint density at radius 1 is 1.09 bits per heavy atom. The normalized spacial score (nSPS) is 18.4. The number of aliphatic carboxylic acids is 1. The highest BCUT2D eigenvalue weighted by Gasteiger charge is 2.38. The molecule has 0 unspecified atom stereocenters. The van der Waals surface area contributed by atoms with Gasteiger partial charge in [-0.15, -0.1) is 5.10 Å². The summed E-state index contributed by atoms with van der Waals surface area (Å²) in [5.74, 6) is -1.22. The summed E-state index contributed by atoms with van der Waals surface area (Å²) < 4.78 is 33.8. The van der Waals surface area contributed by atoms with Crippen LogP contribution in [0.4, 0.5) is 13.2 Å². The predicted octanol–water partition coefficient (Wildman–Crippen LogP) is 3.96. The molecule has 3 rings (SSSR count). The van der Waals surface area contributed by atoms with Gasteiger partial charge in [0.05, 0.1) is 5.69 Å². The number of nitrogens with zero attached hydrogens (tertiary/aromatic N) is 5. The number of hydrogen-bond donors (Lipinski definition) is 1. The molecule has 0 bridgehead atoms. The standard InChI is InChI=1S/C21H37N5O.C2HF3O2/c1-18(2)7-8-21(27)25-13-9-19(10-14-25)15-26-17-20(22-23-26)16-24-11-5-3-4-6-12-24;3-2(4,5)1(6)7/h17-19H,3-16H2,1-2H3;(H,6,7). The zero-order valence-corrected chi connectivity index (χ0v) is 20.3. The highest BCUT2D eigenvalue weighted by molar-refractivity contribution is 5.76. The van der Waals surface area contributed by atoms with Gasteiger partial charge in [0.1, 0.15) is 0 Å². The third-order valence-electron chi connectivity index (χ3n) is 6.26. The molecule has 0 radical (unpaired) electrons. The molecule has 0 atom stereocenters. The molecule has 1 aromatic rings. The average Bonchev–Trinajstić information content (AvgIpc) is 3.04. The number of piperidine rings is 1. The fourth-order valence-corrected chi connectivity index (χ4v) is 4.22. The summed E-state index contributed by atoms with van der Waals surface area (Å²) >= 11 is 0. The van der Waals surface area contributed by atoms with E-state index in [0.717, 1.165) is 51.1 Å². The van der Waals surface area contributed by atoms with E-state index in [-0.39, 0.29) is 0 Å². The van der Waals surface area contributed by atoms with E-state index in [0.29, 0.717) is 24.2 Å². The van der Waals surface area contributed by atoms with Crippen LogP contribution in [0.15, 0.2) is 6.20 Å². The molecule has 1 aromatic heterocycles. The molecular formula is C23H38F3N5O3. The number of aromatic nitrogens is 3. The predicted molar refractivity (Wildman–Crippen MR) is 121 cm³/mol. The molecule has 0 saturated carbocycles. The van der Waals surface area contributed by atoms with Crippen molar-refractivity contribution in [3.63, 3.8) is 0 Å². The second-order valence-electron chi connectivity index (χ2n) is 9.68. The summed E-state index contributed by atoms with van der Waals surface area (Å²) in [7, 11) is 0. The van der Waals surface area contributed by atoms with Crippen molar-refractivity contribution < 1.29 is 27.9 Å². The van der Waals surface area contributed by atoms with Gasteiger partial charge in [-0.3, -0.25) is 14.4 Å². The lowest BCUT2D eigenvalue weighted by Crippen LogP contribution is -2.39. The minimum absolute atomic E-state index is 0.336. The highest BCUT2D eigenvalue weighted by atomic mass is 19.4. The van der Waals surface area contributed by atoms with Crippen LogP contribution >= 0.6 is 0 Å². The van der Waals surface area contributed by atoms with E-state index < -0.39 is 12.1 Å². The van der Waals surface area contributed by atoms with Crippen LogP contribution in [0.2, 0.25) is 0 Å². The van der Waals surface area contributed by atoms with Gasteiger partial charge >= 0.3 is 12.1 Å². The third kappa shape index (κ3) is 10.4. The van der Waals surface area contributed by atoms with Crippen molar-refractivity contribution >= 4 is 11.9 Å². The monoisotopic (exact) mass is 489 g/mol. The number of alkyl halides is 3. The number of rotatable bonds is 7. The van der Waals surface area contributed by atoms with Crippen LogP contribution in [0.3, 0.4) is 0 Å². The second-order valence-corrected chi connectivity index (χ2v) is 9.68.